The van der Waals surface area contributed by atoms with Crippen LogP contribution in [0.3, 0.4) is 0 Å². The van der Waals surface area contributed by atoms with E-state index in [1.54, 1.807) is 11.9 Å². The highest BCUT2D eigenvalue weighted by atomic mass is 19.4. The molecule has 1 amide bonds. The number of hydrogen-bond acceptors (Lipinski definition) is 4. The molecule has 5 atom stereocenters. The lowest BCUT2D eigenvalue weighted by Gasteiger charge is -2.64. The molecule has 2 bridgehead atoms. The van der Waals surface area contributed by atoms with Crippen molar-refractivity contribution in [1.29, 1.82) is 0 Å². The largest absolute Gasteiger partial charge is 0.487 e. The summed E-state index contributed by atoms with van der Waals surface area (Å²) in [5, 5.41) is 12.4. The van der Waals surface area contributed by atoms with Crippen molar-refractivity contribution in [2.75, 3.05) is 20.1 Å². The predicted octanol–water partition coefficient (Wildman–Crippen LogP) is 4.59. The molecule has 0 radical (unpaired) electrons. The molecule has 1 saturated heterocycles. The van der Waals surface area contributed by atoms with Gasteiger partial charge < -0.3 is 14.7 Å². The zero-order chi connectivity index (χ0) is 26.9. The van der Waals surface area contributed by atoms with Gasteiger partial charge in [0.1, 0.15) is 11.9 Å². The molecule has 5 nitrogen and oxygen atoms in total. The highest BCUT2D eigenvalue weighted by Crippen LogP contribution is 2.64. The van der Waals surface area contributed by atoms with Gasteiger partial charge in [0.15, 0.2) is 0 Å². The topological polar surface area (TPSA) is 53.0 Å². The second-order valence-corrected chi connectivity index (χ2v) is 11.0. The molecule has 4 aliphatic rings. The number of amides is 1. The van der Waals surface area contributed by atoms with Crippen molar-refractivity contribution in [2.45, 2.75) is 61.1 Å². The third kappa shape index (κ3) is 3.49. The van der Waals surface area contributed by atoms with Gasteiger partial charge in [-0.1, -0.05) is 30.3 Å². The zero-order valence-corrected chi connectivity index (χ0v) is 21.2. The Labute approximate surface area is 220 Å². The molecule has 2 aromatic rings. The fraction of sp³-hybridized carbons (Fsp3) is 0.433. The van der Waals surface area contributed by atoms with Crippen molar-refractivity contribution in [2.24, 2.45) is 0 Å². The zero-order valence-electron chi connectivity index (χ0n) is 21.2. The van der Waals surface area contributed by atoms with Crippen LogP contribution in [0, 0.1) is 0 Å². The maximum absolute atomic E-state index is 13.3. The number of piperidine rings is 1. The molecule has 2 aromatic carbocycles. The molecule has 1 N–H and O–H groups in total. The molecule has 2 aliphatic carbocycles. The highest BCUT2D eigenvalue weighted by Gasteiger charge is 2.72. The summed E-state index contributed by atoms with van der Waals surface area (Å²) >= 11 is 0. The quantitative estimate of drug-likeness (QED) is 0.460. The molecule has 0 aromatic heterocycles. The van der Waals surface area contributed by atoms with Gasteiger partial charge in [0.2, 0.25) is 5.91 Å². The van der Waals surface area contributed by atoms with Crippen LogP contribution >= 0.6 is 0 Å². The van der Waals surface area contributed by atoms with Gasteiger partial charge in [0, 0.05) is 31.3 Å². The summed E-state index contributed by atoms with van der Waals surface area (Å²) in [6.45, 7) is 5.41. The van der Waals surface area contributed by atoms with Crippen LogP contribution in [0.15, 0.2) is 61.2 Å². The summed E-state index contributed by atoms with van der Waals surface area (Å²) in [6.07, 6.45) is 2.28. The maximum atomic E-state index is 13.3. The number of rotatable bonds is 5. The fourth-order valence-electron chi connectivity index (χ4n) is 7.62. The third-order valence-corrected chi connectivity index (χ3v) is 9.28. The molecule has 38 heavy (non-hydrogen) atoms. The minimum Gasteiger partial charge on any atom is -0.487 e. The summed E-state index contributed by atoms with van der Waals surface area (Å²) in [4.78, 5) is 17.2. The van der Waals surface area contributed by atoms with E-state index in [-0.39, 0.29) is 18.0 Å². The molecule has 2 unspecified atom stereocenters. The second-order valence-electron chi connectivity index (χ2n) is 11.0. The van der Waals surface area contributed by atoms with Gasteiger partial charge in [-0.3, -0.25) is 9.69 Å². The molecule has 1 spiro atoms. The Hall–Kier alpha value is -3.10. The van der Waals surface area contributed by atoms with E-state index in [4.69, 9.17) is 4.74 Å². The summed E-state index contributed by atoms with van der Waals surface area (Å²) in [5.41, 5.74) is 0.208. The molecule has 200 valence electrons. The van der Waals surface area contributed by atoms with Crippen LogP contribution in [0.4, 0.5) is 13.2 Å². The average molecular weight is 525 g/mol. The van der Waals surface area contributed by atoms with E-state index in [9.17, 15) is 23.1 Å². The second kappa shape index (κ2) is 8.71. The molecule has 2 aliphatic heterocycles. The lowest BCUT2D eigenvalue weighted by atomic mass is 9.48. The van der Waals surface area contributed by atoms with Crippen molar-refractivity contribution in [3.05, 3.63) is 83.4 Å². The number of nitrogens with zero attached hydrogens (tertiary/aromatic N) is 2. The summed E-state index contributed by atoms with van der Waals surface area (Å²) in [5.74, 6) is 0.472. The van der Waals surface area contributed by atoms with Crippen molar-refractivity contribution >= 4 is 12.0 Å². The molecule has 2 heterocycles. The number of ether oxygens (including phenoxy) is 1. The van der Waals surface area contributed by atoms with Gasteiger partial charge in [-0.2, -0.15) is 13.2 Å². The van der Waals surface area contributed by atoms with Gasteiger partial charge in [0.05, 0.1) is 22.6 Å². The van der Waals surface area contributed by atoms with Gasteiger partial charge >= 0.3 is 6.18 Å². The first-order valence-corrected chi connectivity index (χ1v) is 13.1. The minimum atomic E-state index is -4.45. The minimum absolute atomic E-state index is 0.0658. The summed E-state index contributed by atoms with van der Waals surface area (Å²) < 4.78 is 45.9. The van der Waals surface area contributed by atoms with E-state index in [1.165, 1.54) is 29.8 Å². The van der Waals surface area contributed by atoms with Crippen molar-refractivity contribution in [3.63, 3.8) is 0 Å². The molecule has 1 saturated carbocycles. The van der Waals surface area contributed by atoms with Crippen LogP contribution in [0.1, 0.15) is 41.5 Å². The van der Waals surface area contributed by atoms with Crippen LogP contribution in [0.5, 0.6) is 5.75 Å². The van der Waals surface area contributed by atoms with Gasteiger partial charge in [-0.05, 0) is 67.6 Å². The smallest absolute Gasteiger partial charge is 0.416 e. The summed E-state index contributed by atoms with van der Waals surface area (Å²) in [7, 11) is 1.71. The molecule has 2 fully saturated rings. The lowest BCUT2D eigenvalue weighted by Crippen LogP contribution is -2.78. The van der Waals surface area contributed by atoms with Crippen LogP contribution in [0.25, 0.3) is 6.08 Å². The van der Waals surface area contributed by atoms with Crippen LogP contribution in [-0.2, 0) is 22.8 Å². The number of hydrogen-bond donors (Lipinski definition) is 1. The molecular weight excluding hydrogens is 493 g/mol. The first-order chi connectivity index (χ1) is 18.1. The van der Waals surface area contributed by atoms with Gasteiger partial charge in [-0.15, -0.1) is 6.58 Å². The highest BCUT2D eigenvalue weighted by molar-refractivity contribution is 5.92. The van der Waals surface area contributed by atoms with Crippen LogP contribution in [-0.4, -0.2) is 64.7 Å². The SMILES string of the molecule is C=CCN1CC[C@]23c4c5cccc4OC2C(N(C)C(=O)/C=C/c2cccc(C(F)(F)F)c2)CC[C@@]3(O)[C@H]1C5. The number of halogens is 3. The lowest BCUT2D eigenvalue weighted by molar-refractivity contribution is -0.198. The van der Waals surface area contributed by atoms with Gasteiger partial charge in [-0.25, -0.2) is 0 Å². The number of alkyl halides is 3. The van der Waals surface area contributed by atoms with E-state index in [0.717, 1.165) is 36.4 Å². The number of carbonyl (C=O) groups excluding carboxylic acids is 1. The first-order valence-electron chi connectivity index (χ1n) is 13.1. The van der Waals surface area contributed by atoms with Crippen LogP contribution in [0.2, 0.25) is 0 Å². The molecular formula is C30H31F3N2O3. The van der Waals surface area contributed by atoms with Gasteiger partial charge in [0.25, 0.3) is 0 Å². The number of aliphatic hydroxyl groups is 1. The van der Waals surface area contributed by atoms with E-state index < -0.39 is 28.9 Å². The van der Waals surface area contributed by atoms with Crippen molar-refractivity contribution < 1.29 is 27.8 Å². The van der Waals surface area contributed by atoms with E-state index in [1.807, 2.05) is 18.2 Å². The Bertz CT molecular complexity index is 1320. The van der Waals surface area contributed by atoms with E-state index in [2.05, 4.69) is 17.5 Å². The van der Waals surface area contributed by atoms with E-state index >= 15 is 0 Å². The van der Waals surface area contributed by atoms with Crippen LogP contribution < -0.4 is 4.74 Å². The maximum Gasteiger partial charge on any atom is 0.416 e. The average Bonchev–Trinajstić information content (AvgIpc) is 3.23. The number of likely N-dealkylation sites (tertiary alicyclic amines) is 1. The predicted molar refractivity (Wildman–Crippen MR) is 138 cm³/mol. The van der Waals surface area contributed by atoms with Crippen molar-refractivity contribution in [3.8, 4) is 5.75 Å². The third-order valence-electron chi connectivity index (χ3n) is 9.28. The Morgan fingerprint density at radius 1 is 1.26 bits per heavy atom. The number of benzene rings is 2. The Kier molecular flexibility index (Phi) is 5.78. The Morgan fingerprint density at radius 3 is 2.82 bits per heavy atom. The fourth-order valence-corrected chi connectivity index (χ4v) is 7.62. The normalized spacial score (nSPS) is 31.6. The monoisotopic (exact) mass is 524 g/mol. The summed E-state index contributed by atoms with van der Waals surface area (Å²) in [6, 6.07) is 10.6. The molecule has 6 rings (SSSR count). The standard InChI is InChI=1S/C30H31F3N2O3/c1-3-15-35-16-14-28-26-20-7-5-9-23(26)38-27(28)22(12-13-29(28,37)24(35)18-20)34(2)25(36)11-10-19-6-4-8-21(17-19)30(31,32)33/h3-11,17,22,24,27,37H,1,12-16,18H2,2H3/b11-10+/t22?,24-,27?,28+,29-/m1/s1. The van der Waals surface area contributed by atoms with Crippen molar-refractivity contribution in [1.82, 2.24) is 9.80 Å². The first kappa shape index (κ1) is 25.2. The molecule has 8 heteroatoms. The number of carbonyl (C=O) groups is 1. The number of likely N-dealkylation sites (N-methyl/N-ethyl adjacent to an activating group) is 1. The Balaban J connectivity index is 1.31. The van der Waals surface area contributed by atoms with E-state index in [0.29, 0.717) is 31.4 Å². The Morgan fingerprint density at radius 2 is 2.05 bits per heavy atom.